The van der Waals surface area contributed by atoms with E-state index in [4.69, 9.17) is 10.2 Å². The molecule has 0 aromatic rings. The standard InChI is InChI=1S/C9H11NO5/c1-2-3-7(11)10-6(9(14)15)4-5-8(12)13/h6H,4-5H2,1H3,(H,10,11)(H,12,13)(H,14,15)/t6-/m0/s1. The molecule has 0 rings (SSSR count). The van der Waals surface area contributed by atoms with Gasteiger partial charge in [-0.25, -0.2) is 4.79 Å². The molecule has 0 heterocycles. The van der Waals surface area contributed by atoms with Gasteiger partial charge in [0.2, 0.25) is 0 Å². The van der Waals surface area contributed by atoms with Gasteiger partial charge in [-0.2, -0.15) is 0 Å². The van der Waals surface area contributed by atoms with E-state index in [1.54, 1.807) is 0 Å². The molecule has 6 nitrogen and oxygen atoms in total. The van der Waals surface area contributed by atoms with Gasteiger partial charge >= 0.3 is 11.9 Å². The van der Waals surface area contributed by atoms with Crippen LogP contribution in [0.4, 0.5) is 0 Å². The molecule has 0 aliphatic rings. The maximum atomic E-state index is 10.9. The van der Waals surface area contributed by atoms with Gasteiger partial charge in [-0.05, 0) is 19.3 Å². The van der Waals surface area contributed by atoms with Crippen molar-refractivity contribution >= 4 is 17.8 Å². The number of carboxylic acids is 2. The molecule has 82 valence electrons. The summed E-state index contributed by atoms with van der Waals surface area (Å²) < 4.78 is 0. The number of rotatable bonds is 5. The summed E-state index contributed by atoms with van der Waals surface area (Å²) in [7, 11) is 0. The summed E-state index contributed by atoms with van der Waals surface area (Å²) in [4.78, 5) is 31.7. The molecule has 0 aliphatic carbocycles. The second-order valence-corrected chi connectivity index (χ2v) is 2.67. The molecule has 6 heteroatoms. The Hall–Kier alpha value is -2.03. The first-order valence-corrected chi connectivity index (χ1v) is 4.15. The van der Waals surface area contributed by atoms with Gasteiger partial charge in [0.1, 0.15) is 6.04 Å². The molecule has 0 fully saturated rings. The van der Waals surface area contributed by atoms with Crippen molar-refractivity contribution in [3.8, 4) is 11.8 Å². The molecule has 0 aliphatic heterocycles. The highest BCUT2D eigenvalue weighted by Crippen LogP contribution is 1.97. The number of aliphatic carboxylic acids is 2. The number of hydrogen-bond donors (Lipinski definition) is 3. The van der Waals surface area contributed by atoms with E-state index in [0.29, 0.717) is 0 Å². The van der Waals surface area contributed by atoms with Gasteiger partial charge in [0.15, 0.2) is 0 Å². The molecule has 0 radical (unpaired) electrons. The van der Waals surface area contributed by atoms with Crippen LogP contribution in [0.15, 0.2) is 0 Å². The Morgan fingerprint density at radius 1 is 1.33 bits per heavy atom. The van der Waals surface area contributed by atoms with Gasteiger partial charge in [-0.1, -0.05) is 5.92 Å². The zero-order chi connectivity index (χ0) is 11.8. The van der Waals surface area contributed by atoms with Crippen LogP contribution in [0.5, 0.6) is 0 Å². The number of carbonyl (C=O) groups excluding carboxylic acids is 1. The van der Waals surface area contributed by atoms with E-state index in [0.717, 1.165) is 0 Å². The molecule has 3 N–H and O–H groups in total. The topological polar surface area (TPSA) is 104 Å². The van der Waals surface area contributed by atoms with Crippen molar-refractivity contribution in [2.45, 2.75) is 25.8 Å². The summed E-state index contributed by atoms with van der Waals surface area (Å²) in [6.07, 6.45) is -0.487. The number of carboxylic acid groups (broad SMARTS) is 2. The first-order valence-electron chi connectivity index (χ1n) is 4.15. The summed E-state index contributed by atoms with van der Waals surface area (Å²) in [5.41, 5.74) is 0. The van der Waals surface area contributed by atoms with Crippen LogP contribution in [-0.2, 0) is 14.4 Å². The van der Waals surface area contributed by atoms with Crippen LogP contribution in [0.2, 0.25) is 0 Å². The number of carbonyl (C=O) groups is 3. The minimum Gasteiger partial charge on any atom is -0.481 e. The van der Waals surface area contributed by atoms with Gasteiger partial charge in [0.25, 0.3) is 5.91 Å². The highest BCUT2D eigenvalue weighted by molar-refractivity contribution is 5.96. The van der Waals surface area contributed by atoms with E-state index in [1.807, 2.05) is 0 Å². The fraction of sp³-hybridized carbons (Fsp3) is 0.444. The largest absolute Gasteiger partial charge is 0.481 e. The second kappa shape index (κ2) is 6.43. The van der Waals surface area contributed by atoms with Crippen LogP contribution >= 0.6 is 0 Å². The molecule has 0 unspecified atom stereocenters. The first-order chi connectivity index (χ1) is 6.97. The zero-order valence-corrected chi connectivity index (χ0v) is 8.11. The molecule has 1 amide bonds. The highest BCUT2D eigenvalue weighted by atomic mass is 16.4. The maximum absolute atomic E-state index is 10.9. The monoisotopic (exact) mass is 213 g/mol. The van der Waals surface area contributed by atoms with E-state index in [-0.39, 0.29) is 12.8 Å². The fourth-order valence-electron chi connectivity index (χ4n) is 0.833. The van der Waals surface area contributed by atoms with Crippen molar-refractivity contribution in [1.82, 2.24) is 5.32 Å². The van der Waals surface area contributed by atoms with E-state index >= 15 is 0 Å². The van der Waals surface area contributed by atoms with Crippen molar-refractivity contribution in [3.63, 3.8) is 0 Å². The minimum absolute atomic E-state index is 0.165. The molecule has 0 saturated heterocycles. The highest BCUT2D eigenvalue weighted by Gasteiger charge is 2.19. The third-order valence-corrected chi connectivity index (χ3v) is 1.49. The van der Waals surface area contributed by atoms with Crippen LogP contribution in [0.1, 0.15) is 19.8 Å². The molecule has 0 aromatic heterocycles. The van der Waals surface area contributed by atoms with Crippen LogP contribution in [0.3, 0.4) is 0 Å². The lowest BCUT2D eigenvalue weighted by atomic mass is 10.1. The normalized spacial score (nSPS) is 10.7. The molecule has 0 bridgehead atoms. The Kier molecular flexibility index (Phi) is 5.56. The minimum atomic E-state index is -1.28. The predicted octanol–water partition coefficient (Wildman–Crippen LogP) is -0.556. The van der Waals surface area contributed by atoms with Crippen LogP contribution < -0.4 is 5.32 Å². The lowest BCUT2D eigenvalue weighted by Gasteiger charge is -2.10. The molecule has 0 spiro atoms. The van der Waals surface area contributed by atoms with E-state index in [9.17, 15) is 14.4 Å². The predicted molar refractivity (Wildman–Crippen MR) is 49.9 cm³/mol. The Balaban J connectivity index is 4.26. The number of nitrogens with one attached hydrogen (secondary N) is 1. The summed E-state index contributed by atoms with van der Waals surface area (Å²) in [5.74, 6) is 1.30. The second-order valence-electron chi connectivity index (χ2n) is 2.67. The zero-order valence-electron chi connectivity index (χ0n) is 8.11. The summed E-state index contributed by atoms with van der Waals surface area (Å²) in [6.45, 7) is 1.44. The third kappa shape index (κ3) is 6.10. The van der Waals surface area contributed by atoms with Crippen molar-refractivity contribution in [1.29, 1.82) is 0 Å². The molecular formula is C9H11NO5. The Bertz CT molecular complexity index is 325. The lowest BCUT2D eigenvalue weighted by molar-refractivity contribution is -0.142. The molecule has 15 heavy (non-hydrogen) atoms. The van der Waals surface area contributed by atoms with Crippen LogP contribution in [0.25, 0.3) is 0 Å². The Morgan fingerprint density at radius 2 is 1.93 bits per heavy atom. The van der Waals surface area contributed by atoms with Crippen molar-refractivity contribution < 1.29 is 24.6 Å². The van der Waals surface area contributed by atoms with Gasteiger partial charge < -0.3 is 15.5 Å². The average Bonchev–Trinajstić information content (AvgIpc) is 2.11. The fourth-order valence-corrected chi connectivity index (χ4v) is 0.833. The third-order valence-electron chi connectivity index (χ3n) is 1.49. The Labute approximate surface area is 86.3 Å². The van der Waals surface area contributed by atoms with Crippen molar-refractivity contribution in [2.75, 3.05) is 0 Å². The quantitative estimate of drug-likeness (QED) is 0.531. The maximum Gasteiger partial charge on any atom is 0.326 e. The molecular weight excluding hydrogens is 202 g/mol. The van der Waals surface area contributed by atoms with Crippen LogP contribution in [-0.4, -0.2) is 34.1 Å². The lowest BCUT2D eigenvalue weighted by Crippen LogP contribution is -2.40. The van der Waals surface area contributed by atoms with E-state index in [1.165, 1.54) is 6.92 Å². The summed E-state index contributed by atoms with van der Waals surface area (Å²) >= 11 is 0. The van der Waals surface area contributed by atoms with Gasteiger partial charge in [0.05, 0.1) is 0 Å². The summed E-state index contributed by atoms with van der Waals surface area (Å²) in [5, 5.41) is 19.1. The Morgan fingerprint density at radius 3 is 2.33 bits per heavy atom. The first kappa shape index (κ1) is 13.0. The van der Waals surface area contributed by atoms with Crippen molar-refractivity contribution in [2.24, 2.45) is 0 Å². The smallest absolute Gasteiger partial charge is 0.326 e. The van der Waals surface area contributed by atoms with Gasteiger partial charge in [-0.3, -0.25) is 9.59 Å². The van der Waals surface area contributed by atoms with E-state index < -0.39 is 23.9 Å². The SMILES string of the molecule is CC#CC(=O)N[C@@H](CCC(=O)O)C(=O)O. The van der Waals surface area contributed by atoms with Gasteiger partial charge in [0, 0.05) is 6.42 Å². The molecule has 0 saturated carbocycles. The molecule has 1 atom stereocenters. The number of hydrogen-bond acceptors (Lipinski definition) is 3. The van der Waals surface area contributed by atoms with Gasteiger partial charge in [-0.15, -0.1) is 0 Å². The molecule has 0 aromatic carbocycles. The number of amides is 1. The van der Waals surface area contributed by atoms with E-state index in [2.05, 4.69) is 17.2 Å². The summed E-state index contributed by atoms with van der Waals surface area (Å²) in [6, 6.07) is -1.21. The van der Waals surface area contributed by atoms with Crippen LogP contribution in [0, 0.1) is 11.8 Å². The van der Waals surface area contributed by atoms with Crippen molar-refractivity contribution in [3.05, 3.63) is 0 Å². The average molecular weight is 213 g/mol.